The molecule has 3 amide bonds. The fourth-order valence-electron chi connectivity index (χ4n) is 9.34. The van der Waals surface area contributed by atoms with E-state index in [-0.39, 0.29) is 35.1 Å². The van der Waals surface area contributed by atoms with Crippen LogP contribution in [0.3, 0.4) is 0 Å². The summed E-state index contributed by atoms with van der Waals surface area (Å²) >= 11 is 0. The molecular formula is C49H70F3N7O6. The Hall–Kier alpha value is -4.86. The molecule has 2 N–H and O–H groups in total. The van der Waals surface area contributed by atoms with Crippen LogP contribution in [0.2, 0.25) is 0 Å². The van der Waals surface area contributed by atoms with Crippen molar-refractivity contribution in [2.24, 2.45) is 11.8 Å². The molecule has 3 heterocycles. The SMILES string of the molecule is COc1cc2nc(C)nc(N[C@H](C)c3cc(NC(=O)OC(C)(C)C)cc(C(F)(F)F)c3)c2cc1C1CCC(C(=O)N2CCN(CCCCC3CCN(C(=O)OC(C)(C)C)CC3)CC2)CC1. The lowest BCUT2D eigenvalue weighted by Crippen LogP contribution is -2.50. The summed E-state index contributed by atoms with van der Waals surface area (Å²) in [7, 11) is 1.63. The maximum atomic E-state index is 14.1. The predicted octanol–water partition coefficient (Wildman–Crippen LogP) is 10.7. The lowest BCUT2D eigenvalue weighted by Gasteiger charge is -2.38. The number of benzene rings is 2. The third-order valence-corrected chi connectivity index (χ3v) is 12.7. The van der Waals surface area contributed by atoms with Crippen LogP contribution in [0.5, 0.6) is 5.75 Å². The number of alkyl halides is 3. The quantitative estimate of drug-likeness (QED) is 0.169. The average Bonchev–Trinajstić information content (AvgIpc) is 3.23. The number of rotatable bonds is 12. The van der Waals surface area contributed by atoms with E-state index in [0.717, 1.165) is 108 Å². The normalized spacial score (nSPS) is 19.8. The van der Waals surface area contributed by atoms with Gasteiger partial charge in [-0.3, -0.25) is 15.0 Å². The first-order valence-electron chi connectivity index (χ1n) is 23.4. The topological polar surface area (TPSA) is 138 Å². The highest BCUT2D eigenvalue weighted by molar-refractivity contribution is 5.91. The fraction of sp³-hybridized carbons (Fsp3) is 0.653. The molecule has 0 unspecified atom stereocenters. The molecule has 65 heavy (non-hydrogen) atoms. The molecule has 3 aromatic rings. The fourth-order valence-corrected chi connectivity index (χ4v) is 9.34. The van der Waals surface area contributed by atoms with Gasteiger partial charge in [0.05, 0.1) is 24.2 Å². The Labute approximate surface area is 382 Å². The monoisotopic (exact) mass is 910 g/mol. The second kappa shape index (κ2) is 20.8. The van der Waals surface area contributed by atoms with Crippen molar-refractivity contribution in [3.8, 4) is 5.75 Å². The average molecular weight is 910 g/mol. The number of piperidine rings is 1. The third-order valence-electron chi connectivity index (χ3n) is 12.7. The van der Waals surface area contributed by atoms with Crippen LogP contribution in [0, 0.1) is 18.8 Å². The second-order valence-corrected chi connectivity index (χ2v) is 20.2. The molecule has 2 aromatic carbocycles. The second-order valence-electron chi connectivity index (χ2n) is 20.2. The van der Waals surface area contributed by atoms with Gasteiger partial charge in [0.2, 0.25) is 5.91 Å². The lowest BCUT2D eigenvalue weighted by atomic mass is 9.77. The molecule has 3 aliphatic rings. The van der Waals surface area contributed by atoms with Crippen molar-refractivity contribution >= 4 is 40.5 Å². The Morgan fingerprint density at radius 2 is 1.46 bits per heavy atom. The maximum absolute atomic E-state index is 14.1. The minimum absolute atomic E-state index is 0.0304. The van der Waals surface area contributed by atoms with E-state index >= 15 is 0 Å². The molecule has 2 aliphatic heterocycles. The summed E-state index contributed by atoms with van der Waals surface area (Å²) in [6.07, 6.45) is 2.97. The number of carbonyl (C=O) groups is 3. The number of methoxy groups -OCH3 is 1. The summed E-state index contributed by atoms with van der Waals surface area (Å²) in [4.78, 5) is 54.5. The molecule has 0 bridgehead atoms. The summed E-state index contributed by atoms with van der Waals surface area (Å²) < 4.78 is 59.0. The van der Waals surface area contributed by atoms with Gasteiger partial charge in [0, 0.05) is 62.3 Å². The van der Waals surface area contributed by atoms with Crippen molar-refractivity contribution in [3.63, 3.8) is 0 Å². The van der Waals surface area contributed by atoms with Crippen molar-refractivity contribution < 1.29 is 41.8 Å². The summed E-state index contributed by atoms with van der Waals surface area (Å²) in [6.45, 7) is 20.1. The number of anilines is 2. The number of aryl methyl sites for hydroxylation is 1. The zero-order chi connectivity index (χ0) is 47.3. The largest absolute Gasteiger partial charge is 0.496 e. The van der Waals surface area contributed by atoms with Crippen LogP contribution in [0.4, 0.5) is 34.3 Å². The highest BCUT2D eigenvalue weighted by atomic mass is 19.4. The van der Waals surface area contributed by atoms with E-state index in [1.165, 1.54) is 18.9 Å². The zero-order valence-corrected chi connectivity index (χ0v) is 39.8. The number of halogens is 3. The first-order chi connectivity index (χ1) is 30.5. The van der Waals surface area contributed by atoms with Gasteiger partial charge in [-0.1, -0.05) is 12.8 Å². The van der Waals surface area contributed by atoms with Crippen molar-refractivity contribution in [3.05, 3.63) is 52.8 Å². The number of likely N-dealkylation sites (tertiary alicyclic amines) is 1. The smallest absolute Gasteiger partial charge is 0.416 e. The molecule has 3 fully saturated rings. The number of fused-ring (bicyclic) bond motifs is 1. The number of piperazine rings is 1. The number of amides is 3. The van der Waals surface area contributed by atoms with E-state index in [1.807, 2.05) is 37.8 Å². The van der Waals surface area contributed by atoms with E-state index in [2.05, 4.69) is 25.4 Å². The molecule has 1 aromatic heterocycles. The molecule has 6 rings (SSSR count). The van der Waals surface area contributed by atoms with Crippen molar-refractivity contribution in [1.29, 1.82) is 0 Å². The number of nitrogens with one attached hydrogen (secondary N) is 2. The highest BCUT2D eigenvalue weighted by Crippen LogP contribution is 2.43. The molecule has 1 aliphatic carbocycles. The van der Waals surface area contributed by atoms with Gasteiger partial charge in [0.15, 0.2) is 0 Å². The van der Waals surface area contributed by atoms with E-state index in [0.29, 0.717) is 34.2 Å². The van der Waals surface area contributed by atoms with Gasteiger partial charge in [0.25, 0.3) is 0 Å². The Morgan fingerprint density at radius 1 is 0.800 bits per heavy atom. The van der Waals surface area contributed by atoms with Crippen LogP contribution in [0.1, 0.15) is 141 Å². The molecule has 0 radical (unpaired) electrons. The predicted molar refractivity (Wildman–Crippen MR) is 246 cm³/mol. The zero-order valence-electron chi connectivity index (χ0n) is 39.8. The molecule has 16 heteroatoms. The van der Waals surface area contributed by atoms with Crippen LogP contribution in [0.25, 0.3) is 10.9 Å². The number of ether oxygens (including phenoxy) is 3. The maximum Gasteiger partial charge on any atom is 0.416 e. The van der Waals surface area contributed by atoms with Gasteiger partial charge in [0.1, 0.15) is 28.6 Å². The number of nitrogens with zero attached hydrogens (tertiary/aromatic N) is 5. The van der Waals surface area contributed by atoms with Crippen molar-refractivity contribution in [2.75, 3.05) is 63.6 Å². The van der Waals surface area contributed by atoms with E-state index in [1.54, 1.807) is 41.7 Å². The summed E-state index contributed by atoms with van der Waals surface area (Å²) in [6, 6.07) is 6.69. The van der Waals surface area contributed by atoms with E-state index < -0.39 is 35.1 Å². The molecule has 13 nitrogen and oxygen atoms in total. The van der Waals surface area contributed by atoms with Crippen LogP contribution in [-0.4, -0.2) is 107 Å². The van der Waals surface area contributed by atoms with Crippen molar-refractivity contribution in [1.82, 2.24) is 24.7 Å². The molecule has 2 saturated heterocycles. The molecule has 1 saturated carbocycles. The number of aromatic nitrogens is 2. The standard InChI is InChI=1S/C49H70F3N7O6/c1-31(36-26-37(49(50,51)52)28-38(27-36)56-45(61)64-47(3,4)5)53-43-40-29-39(42(63-9)30-41(40)54-32(2)55-43)34-13-15-35(16-14-34)44(60)58-24-22-57(23-25-58)19-11-10-12-33-17-20-59(21-18-33)46(62)65-48(6,7)8/h26-31,33-35H,10-25H2,1-9H3,(H,56,61)(H,53,54,55)/t31-,34?,35?/m1/s1. The Bertz CT molecular complexity index is 2130. The summed E-state index contributed by atoms with van der Waals surface area (Å²) in [5.41, 5.74) is -0.357. The number of hydrogen-bond donors (Lipinski definition) is 2. The van der Waals surface area contributed by atoms with Crippen LogP contribution < -0.4 is 15.4 Å². The molecule has 1 atom stereocenters. The highest BCUT2D eigenvalue weighted by Gasteiger charge is 2.35. The van der Waals surface area contributed by atoms with Gasteiger partial charge in [-0.25, -0.2) is 19.6 Å². The number of carbonyl (C=O) groups excluding carboxylic acids is 3. The van der Waals surface area contributed by atoms with Gasteiger partial charge in [-0.05, 0) is 154 Å². The summed E-state index contributed by atoms with van der Waals surface area (Å²) in [5.74, 6) is 2.62. The van der Waals surface area contributed by atoms with E-state index in [4.69, 9.17) is 19.2 Å². The Kier molecular flexibility index (Phi) is 15.8. The van der Waals surface area contributed by atoms with Crippen molar-refractivity contribution in [2.45, 2.75) is 143 Å². The van der Waals surface area contributed by atoms with Gasteiger partial charge < -0.3 is 29.3 Å². The summed E-state index contributed by atoms with van der Waals surface area (Å²) in [5, 5.41) is 6.49. The van der Waals surface area contributed by atoms with Crippen LogP contribution >= 0.6 is 0 Å². The molecule has 0 spiro atoms. The van der Waals surface area contributed by atoms with Crippen LogP contribution in [0.15, 0.2) is 30.3 Å². The molecule has 358 valence electrons. The molecular weight excluding hydrogens is 840 g/mol. The minimum atomic E-state index is -4.66. The first kappa shape index (κ1) is 49.6. The first-order valence-corrected chi connectivity index (χ1v) is 23.4. The van der Waals surface area contributed by atoms with Gasteiger partial charge in [-0.2, -0.15) is 13.2 Å². The number of hydrogen-bond acceptors (Lipinski definition) is 10. The van der Waals surface area contributed by atoms with E-state index in [9.17, 15) is 27.6 Å². The minimum Gasteiger partial charge on any atom is -0.496 e. The lowest BCUT2D eigenvalue weighted by molar-refractivity contribution is -0.138. The Balaban J connectivity index is 1.02. The third kappa shape index (κ3) is 13.8. The van der Waals surface area contributed by atoms with Gasteiger partial charge >= 0.3 is 18.4 Å². The Morgan fingerprint density at radius 3 is 2.08 bits per heavy atom. The van der Waals surface area contributed by atoms with Crippen LogP contribution in [-0.2, 0) is 20.4 Å². The number of unbranched alkanes of at least 4 members (excludes halogenated alkanes) is 1. The van der Waals surface area contributed by atoms with Gasteiger partial charge in [-0.15, -0.1) is 0 Å².